The minimum absolute atomic E-state index is 0.0357. The van der Waals surface area contributed by atoms with E-state index in [-0.39, 0.29) is 17.7 Å². The zero-order valence-corrected chi connectivity index (χ0v) is 11.1. The molecule has 1 N–H and O–H groups in total. The molecule has 2 fully saturated rings. The lowest BCUT2D eigenvalue weighted by atomic mass is 10.0. The van der Waals surface area contributed by atoms with Crippen molar-refractivity contribution in [1.29, 1.82) is 0 Å². The highest BCUT2D eigenvalue weighted by molar-refractivity contribution is 5.81. The van der Waals surface area contributed by atoms with Crippen molar-refractivity contribution in [3.05, 3.63) is 0 Å². The van der Waals surface area contributed by atoms with Crippen LogP contribution in [0.5, 0.6) is 0 Å². The van der Waals surface area contributed by atoms with Crippen LogP contribution in [0.4, 0.5) is 0 Å². The molecule has 1 unspecified atom stereocenters. The van der Waals surface area contributed by atoms with Crippen LogP contribution in [0.25, 0.3) is 0 Å². The number of aliphatic carboxylic acids is 1. The Labute approximate surface area is 108 Å². The van der Waals surface area contributed by atoms with E-state index in [1.54, 1.807) is 0 Å². The third kappa shape index (κ3) is 2.85. The number of nitrogens with zero attached hydrogens (tertiary/aromatic N) is 1. The summed E-state index contributed by atoms with van der Waals surface area (Å²) in [6, 6.07) is 0. The highest BCUT2D eigenvalue weighted by atomic mass is 16.4. The van der Waals surface area contributed by atoms with E-state index in [0.717, 1.165) is 25.9 Å². The summed E-state index contributed by atoms with van der Waals surface area (Å²) in [5.74, 6) is -0.206. The Balaban J connectivity index is 1.84. The van der Waals surface area contributed by atoms with Crippen molar-refractivity contribution in [2.45, 2.75) is 45.4 Å². The third-order valence-corrected chi connectivity index (χ3v) is 4.43. The van der Waals surface area contributed by atoms with Gasteiger partial charge < -0.3 is 10.0 Å². The standard InChI is InChI=1S/C14H23NO3/c1-2-3-10-6-7-15(9-10)13(16)11-4-5-12(8-11)14(17)18/h10-12H,2-9H2,1H3,(H,17,18)/t10?,11-,12+/m1/s1. The van der Waals surface area contributed by atoms with Crippen molar-refractivity contribution in [3.8, 4) is 0 Å². The van der Waals surface area contributed by atoms with Crippen molar-refractivity contribution in [3.63, 3.8) is 0 Å². The zero-order chi connectivity index (χ0) is 13.1. The van der Waals surface area contributed by atoms with Gasteiger partial charge in [-0.1, -0.05) is 13.3 Å². The average molecular weight is 253 g/mol. The summed E-state index contributed by atoms with van der Waals surface area (Å²) < 4.78 is 0. The summed E-state index contributed by atoms with van der Waals surface area (Å²) >= 11 is 0. The summed E-state index contributed by atoms with van der Waals surface area (Å²) in [6.07, 6.45) is 5.46. The molecule has 0 aromatic carbocycles. The van der Waals surface area contributed by atoms with Gasteiger partial charge in [-0.3, -0.25) is 9.59 Å². The number of carbonyl (C=O) groups is 2. The Morgan fingerprint density at radius 1 is 1.22 bits per heavy atom. The van der Waals surface area contributed by atoms with Crippen LogP contribution in [0.15, 0.2) is 0 Å². The molecule has 1 heterocycles. The maximum Gasteiger partial charge on any atom is 0.306 e. The highest BCUT2D eigenvalue weighted by Crippen LogP contribution is 2.34. The van der Waals surface area contributed by atoms with E-state index in [4.69, 9.17) is 5.11 Å². The molecule has 0 radical (unpaired) electrons. The minimum atomic E-state index is -0.740. The van der Waals surface area contributed by atoms with Crippen LogP contribution in [0.3, 0.4) is 0 Å². The lowest BCUT2D eigenvalue weighted by molar-refractivity contribution is -0.141. The van der Waals surface area contributed by atoms with Crippen LogP contribution in [-0.4, -0.2) is 35.0 Å². The summed E-state index contributed by atoms with van der Waals surface area (Å²) in [6.45, 7) is 3.94. The Bertz CT molecular complexity index is 329. The molecule has 1 saturated heterocycles. The number of amides is 1. The number of carboxylic acids is 1. The smallest absolute Gasteiger partial charge is 0.306 e. The second-order valence-corrected chi connectivity index (χ2v) is 5.77. The Kier molecular flexibility index (Phi) is 4.25. The molecule has 4 nitrogen and oxygen atoms in total. The van der Waals surface area contributed by atoms with Gasteiger partial charge >= 0.3 is 5.97 Å². The lowest BCUT2D eigenvalue weighted by Crippen LogP contribution is -2.33. The lowest BCUT2D eigenvalue weighted by Gasteiger charge is -2.20. The Morgan fingerprint density at radius 3 is 2.56 bits per heavy atom. The van der Waals surface area contributed by atoms with Crippen LogP contribution >= 0.6 is 0 Å². The highest BCUT2D eigenvalue weighted by Gasteiger charge is 2.37. The first kappa shape index (κ1) is 13.4. The molecule has 1 amide bonds. The van der Waals surface area contributed by atoms with E-state index >= 15 is 0 Å². The van der Waals surface area contributed by atoms with Crippen molar-refractivity contribution < 1.29 is 14.7 Å². The topological polar surface area (TPSA) is 57.6 Å². The Morgan fingerprint density at radius 2 is 1.94 bits per heavy atom. The molecule has 102 valence electrons. The molecule has 18 heavy (non-hydrogen) atoms. The number of rotatable bonds is 4. The first-order valence-electron chi connectivity index (χ1n) is 7.13. The van der Waals surface area contributed by atoms with E-state index in [2.05, 4.69) is 6.92 Å². The van der Waals surface area contributed by atoms with E-state index in [0.29, 0.717) is 18.8 Å². The maximum atomic E-state index is 12.3. The number of carboxylic acid groups (broad SMARTS) is 1. The molecule has 0 aromatic rings. The van der Waals surface area contributed by atoms with Gasteiger partial charge in [0, 0.05) is 19.0 Å². The van der Waals surface area contributed by atoms with Crippen molar-refractivity contribution in [2.75, 3.05) is 13.1 Å². The largest absolute Gasteiger partial charge is 0.481 e. The Hall–Kier alpha value is -1.06. The monoisotopic (exact) mass is 253 g/mol. The van der Waals surface area contributed by atoms with E-state index in [1.807, 2.05) is 4.90 Å². The molecule has 1 saturated carbocycles. The van der Waals surface area contributed by atoms with E-state index in [1.165, 1.54) is 12.8 Å². The van der Waals surface area contributed by atoms with Crippen molar-refractivity contribution in [2.24, 2.45) is 17.8 Å². The van der Waals surface area contributed by atoms with Crippen molar-refractivity contribution >= 4 is 11.9 Å². The van der Waals surface area contributed by atoms with Crippen LogP contribution in [0.1, 0.15) is 45.4 Å². The first-order chi connectivity index (χ1) is 8.61. The molecular formula is C14H23NO3. The summed E-state index contributed by atoms with van der Waals surface area (Å²) in [5, 5.41) is 8.97. The molecule has 0 aromatic heterocycles. The molecule has 1 aliphatic heterocycles. The number of hydrogen-bond donors (Lipinski definition) is 1. The molecule has 1 aliphatic carbocycles. The molecular weight excluding hydrogens is 230 g/mol. The van der Waals surface area contributed by atoms with Gasteiger partial charge in [-0.25, -0.2) is 0 Å². The van der Waals surface area contributed by atoms with Crippen LogP contribution in [-0.2, 0) is 9.59 Å². The van der Waals surface area contributed by atoms with Crippen LogP contribution in [0.2, 0.25) is 0 Å². The predicted octanol–water partition coefficient (Wildman–Crippen LogP) is 2.14. The third-order valence-electron chi connectivity index (χ3n) is 4.43. The summed E-state index contributed by atoms with van der Waals surface area (Å²) in [7, 11) is 0. The predicted molar refractivity (Wildman–Crippen MR) is 68.1 cm³/mol. The fraction of sp³-hybridized carbons (Fsp3) is 0.857. The number of hydrogen-bond acceptors (Lipinski definition) is 2. The second-order valence-electron chi connectivity index (χ2n) is 5.77. The van der Waals surface area contributed by atoms with E-state index in [9.17, 15) is 9.59 Å². The van der Waals surface area contributed by atoms with Gasteiger partial charge in [0.1, 0.15) is 0 Å². The number of likely N-dealkylation sites (tertiary alicyclic amines) is 1. The fourth-order valence-electron chi connectivity index (χ4n) is 3.36. The SMILES string of the molecule is CCCC1CCN(C(=O)[C@@H]2CC[C@H](C(=O)O)C2)C1. The quantitative estimate of drug-likeness (QED) is 0.835. The molecule has 2 aliphatic rings. The first-order valence-corrected chi connectivity index (χ1v) is 7.13. The van der Waals surface area contributed by atoms with Gasteiger partial charge in [-0.15, -0.1) is 0 Å². The van der Waals surface area contributed by atoms with Crippen molar-refractivity contribution in [1.82, 2.24) is 4.90 Å². The van der Waals surface area contributed by atoms with Gasteiger partial charge in [-0.05, 0) is 38.0 Å². The maximum absolute atomic E-state index is 12.3. The fourth-order valence-corrected chi connectivity index (χ4v) is 3.36. The normalized spacial score (nSPS) is 31.8. The van der Waals surface area contributed by atoms with Gasteiger partial charge in [0.25, 0.3) is 0 Å². The van der Waals surface area contributed by atoms with Crippen LogP contribution < -0.4 is 0 Å². The molecule has 0 bridgehead atoms. The molecule has 0 spiro atoms. The van der Waals surface area contributed by atoms with Gasteiger partial charge in [-0.2, -0.15) is 0 Å². The number of carbonyl (C=O) groups excluding carboxylic acids is 1. The van der Waals surface area contributed by atoms with Gasteiger partial charge in [0.2, 0.25) is 5.91 Å². The molecule has 2 rings (SSSR count). The van der Waals surface area contributed by atoms with E-state index < -0.39 is 5.97 Å². The summed E-state index contributed by atoms with van der Waals surface area (Å²) in [4.78, 5) is 25.2. The van der Waals surface area contributed by atoms with Crippen LogP contribution in [0, 0.1) is 17.8 Å². The summed E-state index contributed by atoms with van der Waals surface area (Å²) in [5.41, 5.74) is 0. The van der Waals surface area contributed by atoms with Gasteiger partial charge in [0.15, 0.2) is 0 Å². The van der Waals surface area contributed by atoms with Gasteiger partial charge in [0.05, 0.1) is 5.92 Å². The zero-order valence-electron chi connectivity index (χ0n) is 11.1. The average Bonchev–Trinajstić information content (AvgIpc) is 2.97. The minimum Gasteiger partial charge on any atom is -0.481 e. The molecule has 4 heteroatoms. The molecule has 3 atom stereocenters. The second kappa shape index (κ2) is 5.72.